The molecule has 1 aliphatic heterocycles. The van der Waals surface area contributed by atoms with Crippen LogP contribution in [0.5, 0.6) is 5.88 Å². The number of fused-ring (bicyclic) bond motifs is 2. The second kappa shape index (κ2) is 8.40. The molecule has 0 bridgehead atoms. The zero-order valence-electron chi connectivity index (χ0n) is 19.2. The molecular formula is C24H25F3N6O2. The summed E-state index contributed by atoms with van der Waals surface area (Å²) in [5, 5.41) is 8.04. The van der Waals surface area contributed by atoms with Crippen LogP contribution in [0, 0.1) is 11.2 Å². The minimum absolute atomic E-state index is 0.0512. The van der Waals surface area contributed by atoms with Gasteiger partial charge in [-0.3, -0.25) is 0 Å². The van der Waals surface area contributed by atoms with Gasteiger partial charge in [0.2, 0.25) is 11.8 Å². The number of methoxy groups -OCH3 is 1. The fraction of sp³-hybridized carbons (Fsp3) is 0.458. The minimum atomic E-state index is -2.58. The van der Waals surface area contributed by atoms with Crippen molar-refractivity contribution in [2.24, 2.45) is 5.41 Å². The summed E-state index contributed by atoms with van der Waals surface area (Å²) in [6, 6.07) is 5.04. The standard InChI is InChI=1S/C24H25F3N6O2/c1-34-22-21-16(14-8-17(25)20-18(9-14)32(13-28-20)10-19(26)27)4-7-33(21)31-23(30-22)29-15-2-5-24(6-3-15)11-35-12-24/h4,7-9,13,15,19H,2-3,5-6,10-12H2,1H3,(H,29,31). The van der Waals surface area contributed by atoms with E-state index in [9.17, 15) is 13.2 Å². The first-order chi connectivity index (χ1) is 16.9. The zero-order valence-corrected chi connectivity index (χ0v) is 19.2. The van der Waals surface area contributed by atoms with Gasteiger partial charge in [0.25, 0.3) is 6.43 Å². The maximum atomic E-state index is 14.8. The number of alkyl halides is 2. The van der Waals surface area contributed by atoms with Gasteiger partial charge in [-0.1, -0.05) is 0 Å². The topological polar surface area (TPSA) is 78.5 Å². The number of nitrogens with one attached hydrogen (secondary N) is 1. The zero-order chi connectivity index (χ0) is 24.2. The maximum absolute atomic E-state index is 14.8. The lowest BCUT2D eigenvalue weighted by Gasteiger charge is -2.46. The van der Waals surface area contributed by atoms with Crippen LogP contribution in [-0.4, -0.2) is 56.9 Å². The highest BCUT2D eigenvalue weighted by atomic mass is 19.3. The van der Waals surface area contributed by atoms with E-state index in [2.05, 4.69) is 20.4 Å². The van der Waals surface area contributed by atoms with Crippen LogP contribution in [0.25, 0.3) is 27.7 Å². The molecule has 8 nitrogen and oxygen atoms in total. The monoisotopic (exact) mass is 486 g/mol. The molecular weight excluding hydrogens is 461 g/mol. The molecule has 1 spiro atoms. The highest BCUT2D eigenvalue weighted by molar-refractivity contribution is 5.90. The Bertz CT molecular complexity index is 1390. The number of rotatable bonds is 6. The molecule has 2 aliphatic rings. The molecule has 35 heavy (non-hydrogen) atoms. The van der Waals surface area contributed by atoms with E-state index in [1.54, 1.807) is 22.8 Å². The van der Waals surface area contributed by atoms with Crippen LogP contribution >= 0.6 is 0 Å². The molecule has 0 unspecified atom stereocenters. The molecule has 1 saturated carbocycles. The Balaban J connectivity index is 1.33. The van der Waals surface area contributed by atoms with Gasteiger partial charge in [-0.05, 0) is 49.4 Å². The third-order valence-corrected chi connectivity index (χ3v) is 7.19. The van der Waals surface area contributed by atoms with Gasteiger partial charge in [-0.2, -0.15) is 4.98 Å². The summed E-state index contributed by atoms with van der Waals surface area (Å²) in [4.78, 5) is 8.53. The van der Waals surface area contributed by atoms with Crippen LogP contribution in [0.2, 0.25) is 0 Å². The van der Waals surface area contributed by atoms with Crippen LogP contribution in [0.15, 0.2) is 30.7 Å². The lowest BCUT2D eigenvalue weighted by atomic mass is 9.71. The van der Waals surface area contributed by atoms with E-state index in [0.717, 1.165) is 38.9 Å². The number of hydrogen-bond acceptors (Lipinski definition) is 6. The summed E-state index contributed by atoms with van der Waals surface area (Å²) in [5.74, 6) is 0.206. The van der Waals surface area contributed by atoms with Crippen molar-refractivity contribution in [3.05, 3.63) is 36.5 Å². The minimum Gasteiger partial charge on any atom is -0.479 e. The molecule has 1 aromatic carbocycles. The van der Waals surface area contributed by atoms with Crippen molar-refractivity contribution in [2.45, 2.75) is 44.7 Å². The maximum Gasteiger partial charge on any atom is 0.256 e. The third kappa shape index (κ3) is 3.87. The second-order valence-electron chi connectivity index (χ2n) is 9.49. The highest BCUT2D eigenvalue weighted by Gasteiger charge is 2.41. The van der Waals surface area contributed by atoms with E-state index in [1.807, 2.05) is 0 Å². The molecule has 0 radical (unpaired) electrons. The van der Waals surface area contributed by atoms with Crippen molar-refractivity contribution < 1.29 is 22.6 Å². The van der Waals surface area contributed by atoms with Crippen LogP contribution in [0.4, 0.5) is 19.1 Å². The van der Waals surface area contributed by atoms with Crippen LogP contribution in [-0.2, 0) is 11.3 Å². The van der Waals surface area contributed by atoms with Gasteiger partial charge in [0.1, 0.15) is 11.0 Å². The van der Waals surface area contributed by atoms with Crippen LogP contribution < -0.4 is 10.1 Å². The molecule has 6 rings (SSSR count). The Hall–Kier alpha value is -3.34. The molecule has 11 heteroatoms. The normalized spacial score (nSPS) is 18.0. The molecule has 4 heterocycles. The van der Waals surface area contributed by atoms with E-state index in [1.165, 1.54) is 24.1 Å². The Kier molecular flexibility index (Phi) is 5.32. The molecule has 0 amide bonds. The number of halogens is 3. The van der Waals surface area contributed by atoms with Crippen molar-refractivity contribution >= 4 is 22.5 Å². The molecule has 3 aromatic heterocycles. The summed E-state index contributed by atoms with van der Waals surface area (Å²) in [5.41, 5.74) is 2.39. The number of hydrogen-bond donors (Lipinski definition) is 1. The lowest BCUT2D eigenvalue weighted by molar-refractivity contribution is -0.131. The van der Waals surface area contributed by atoms with E-state index < -0.39 is 18.8 Å². The molecule has 0 atom stereocenters. The van der Waals surface area contributed by atoms with Gasteiger partial charge in [-0.25, -0.2) is 22.7 Å². The first kappa shape index (κ1) is 22.1. The summed E-state index contributed by atoms with van der Waals surface area (Å²) in [7, 11) is 1.52. The molecule has 1 saturated heterocycles. The molecule has 4 aromatic rings. The van der Waals surface area contributed by atoms with Crippen molar-refractivity contribution in [3.8, 4) is 17.0 Å². The number of benzene rings is 1. The van der Waals surface area contributed by atoms with Gasteiger partial charge < -0.3 is 19.4 Å². The van der Waals surface area contributed by atoms with Gasteiger partial charge in [0.15, 0.2) is 5.82 Å². The molecule has 184 valence electrons. The summed E-state index contributed by atoms with van der Waals surface area (Å²) in [6.45, 7) is 1.15. The first-order valence-electron chi connectivity index (χ1n) is 11.7. The fourth-order valence-electron chi connectivity index (χ4n) is 5.24. The molecule has 2 fully saturated rings. The average molecular weight is 486 g/mol. The van der Waals surface area contributed by atoms with Crippen molar-refractivity contribution in [1.82, 2.24) is 24.1 Å². The Morgan fingerprint density at radius 1 is 1.26 bits per heavy atom. The van der Waals surface area contributed by atoms with Crippen LogP contribution in [0.1, 0.15) is 25.7 Å². The van der Waals surface area contributed by atoms with Gasteiger partial charge >= 0.3 is 0 Å². The fourth-order valence-corrected chi connectivity index (χ4v) is 5.24. The van der Waals surface area contributed by atoms with Crippen LogP contribution in [0.3, 0.4) is 0 Å². The van der Waals surface area contributed by atoms with E-state index in [4.69, 9.17) is 9.47 Å². The number of nitrogens with zero attached hydrogens (tertiary/aromatic N) is 5. The van der Waals surface area contributed by atoms with Crippen molar-refractivity contribution in [3.63, 3.8) is 0 Å². The van der Waals surface area contributed by atoms with E-state index in [0.29, 0.717) is 39.4 Å². The Labute approximate surface area is 199 Å². The second-order valence-corrected chi connectivity index (χ2v) is 9.49. The number of ether oxygens (including phenoxy) is 2. The summed E-state index contributed by atoms with van der Waals surface area (Å²) < 4.78 is 54.7. The van der Waals surface area contributed by atoms with E-state index in [-0.39, 0.29) is 11.6 Å². The predicted octanol–water partition coefficient (Wildman–Crippen LogP) is 4.53. The quantitative estimate of drug-likeness (QED) is 0.432. The van der Waals surface area contributed by atoms with Gasteiger partial charge in [0.05, 0.1) is 38.7 Å². The number of imidazole rings is 1. The van der Waals surface area contributed by atoms with E-state index >= 15 is 0 Å². The predicted molar refractivity (Wildman–Crippen MR) is 123 cm³/mol. The summed E-state index contributed by atoms with van der Waals surface area (Å²) >= 11 is 0. The SMILES string of the molecule is COc1nc(NC2CCC3(CC2)COC3)nn2ccc(-c3cc(F)c4ncn(CC(F)F)c4c3)c12. The largest absolute Gasteiger partial charge is 0.479 e. The van der Waals surface area contributed by atoms with Gasteiger partial charge in [-0.15, -0.1) is 5.10 Å². The lowest BCUT2D eigenvalue weighted by Crippen LogP contribution is -2.47. The van der Waals surface area contributed by atoms with Gasteiger partial charge in [0, 0.05) is 23.2 Å². The Morgan fingerprint density at radius 2 is 2.06 bits per heavy atom. The number of anilines is 1. The first-order valence-corrected chi connectivity index (χ1v) is 11.7. The highest BCUT2D eigenvalue weighted by Crippen LogP contribution is 2.43. The van der Waals surface area contributed by atoms with Crippen molar-refractivity contribution in [1.29, 1.82) is 0 Å². The third-order valence-electron chi connectivity index (χ3n) is 7.19. The van der Waals surface area contributed by atoms with Crippen molar-refractivity contribution in [2.75, 3.05) is 25.6 Å². The summed E-state index contributed by atoms with van der Waals surface area (Å²) in [6.07, 6.45) is 4.69. The Morgan fingerprint density at radius 3 is 2.74 bits per heavy atom. The average Bonchev–Trinajstić information content (AvgIpc) is 3.42. The number of aromatic nitrogens is 5. The smallest absolute Gasteiger partial charge is 0.256 e. The molecule has 1 N–H and O–H groups in total. The molecule has 1 aliphatic carbocycles.